The maximum Gasteiger partial charge on any atom is 0.266 e. The van der Waals surface area contributed by atoms with E-state index in [9.17, 15) is 14.3 Å². The molecule has 2 bridgehead atoms. The Bertz CT molecular complexity index is 1220. The van der Waals surface area contributed by atoms with E-state index >= 15 is 0 Å². The number of fused-ring (bicyclic) bond motifs is 3. The zero-order valence-electron chi connectivity index (χ0n) is 18.4. The van der Waals surface area contributed by atoms with Gasteiger partial charge in [-0.3, -0.25) is 9.69 Å². The SMILES string of the molecule is C=CCn1cc(CN2C3CCC2CC(O)(Cn2nc(C)ccc2=O)C3)c2ccc(F)cc21. The Hall–Kier alpha value is -2.77. The maximum atomic E-state index is 13.9. The maximum absolute atomic E-state index is 13.9. The molecule has 1 aromatic carbocycles. The van der Waals surface area contributed by atoms with Gasteiger partial charge in [0, 0.05) is 42.8 Å². The summed E-state index contributed by atoms with van der Waals surface area (Å²) in [6.45, 7) is 7.29. The Morgan fingerprint density at radius 1 is 1.25 bits per heavy atom. The van der Waals surface area contributed by atoms with Crippen LogP contribution in [0, 0.1) is 12.7 Å². The summed E-state index contributed by atoms with van der Waals surface area (Å²) in [5, 5.41) is 16.8. The third-order valence-electron chi connectivity index (χ3n) is 7.05. The van der Waals surface area contributed by atoms with Gasteiger partial charge >= 0.3 is 0 Å². The lowest BCUT2D eigenvalue weighted by atomic mass is 9.85. The van der Waals surface area contributed by atoms with Gasteiger partial charge in [-0.2, -0.15) is 5.10 Å². The van der Waals surface area contributed by atoms with Gasteiger partial charge in [0.15, 0.2) is 0 Å². The molecule has 0 amide bonds. The van der Waals surface area contributed by atoms with Gasteiger partial charge in [0.2, 0.25) is 0 Å². The minimum atomic E-state index is -0.938. The van der Waals surface area contributed by atoms with Crippen LogP contribution in [-0.2, 0) is 19.6 Å². The number of aryl methyl sites for hydroxylation is 1. The zero-order chi connectivity index (χ0) is 22.5. The van der Waals surface area contributed by atoms with Crippen molar-refractivity contribution < 1.29 is 9.50 Å². The molecule has 4 heterocycles. The van der Waals surface area contributed by atoms with Gasteiger partial charge in [-0.25, -0.2) is 9.07 Å². The highest BCUT2D eigenvalue weighted by Crippen LogP contribution is 2.42. The standard InChI is InChI=1S/C25H29FN4O2/c1-3-10-28-14-18(22-8-5-19(26)11-23(22)28)15-29-20-6-7-21(29)13-25(32,12-20)16-30-24(31)9-4-17(2)27-30/h3-5,8-9,11,14,20-21,32H,1,6-7,10,12-13,15-16H2,2H3. The quantitative estimate of drug-likeness (QED) is 0.602. The summed E-state index contributed by atoms with van der Waals surface area (Å²) in [4.78, 5) is 14.7. The molecule has 2 fully saturated rings. The summed E-state index contributed by atoms with van der Waals surface area (Å²) in [5.74, 6) is -0.240. The molecule has 0 radical (unpaired) electrons. The van der Waals surface area contributed by atoms with Crippen molar-refractivity contribution in [3.05, 3.63) is 76.6 Å². The van der Waals surface area contributed by atoms with Crippen LogP contribution < -0.4 is 5.56 Å². The van der Waals surface area contributed by atoms with Crippen molar-refractivity contribution >= 4 is 10.9 Å². The molecular weight excluding hydrogens is 407 g/mol. The van der Waals surface area contributed by atoms with Crippen LogP contribution in [0.25, 0.3) is 10.9 Å². The van der Waals surface area contributed by atoms with Gasteiger partial charge in [0.25, 0.3) is 5.56 Å². The lowest BCUT2D eigenvalue weighted by molar-refractivity contribution is -0.0677. The summed E-state index contributed by atoms with van der Waals surface area (Å²) in [6.07, 6.45) is 7.21. The number of hydrogen-bond acceptors (Lipinski definition) is 4. The van der Waals surface area contributed by atoms with E-state index in [1.54, 1.807) is 12.1 Å². The van der Waals surface area contributed by atoms with E-state index in [-0.39, 0.29) is 30.0 Å². The van der Waals surface area contributed by atoms with E-state index in [2.05, 4.69) is 22.8 Å². The number of aliphatic hydroxyl groups is 1. The third-order valence-corrected chi connectivity index (χ3v) is 7.05. The monoisotopic (exact) mass is 436 g/mol. The third kappa shape index (κ3) is 3.80. The number of aromatic nitrogens is 3. The normalized spacial score (nSPS) is 25.5. The molecule has 2 unspecified atom stereocenters. The fourth-order valence-electron chi connectivity index (χ4n) is 5.70. The van der Waals surface area contributed by atoms with Gasteiger partial charge in [-0.15, -0.1) is 6.58 Å². The molecule has 2 aliphatic rings. The first-order chi connectivity index (χ1) is 15.3. The van der Waals surface area contributed by atoms with E-state index in [4.69, 9.17) is 0 Å². The topological polar surface area (TPSA) is 63.3 Å². The van der Waals surface area contributed by atoms with Gasteiger partial charge in [0.05, 0.1) is 23.4 Å². The predicted molar refractivity (Wildman–Crippen MR) is 122 cm³/mol. The fourth-order valence-corrected chi connectivity index (χ4v) is 5.70. The van der Waals surface area contributed by atoms with Crippen LogP contribution in [-0.4, -0.2) is 42.0 Å². The molecule has 0 saturated carbocycles. The summed E-state index contributed by atoms with van der Waals surface area (Å²) in [7, 11) is 0. The largest absolute Gasteiger partial charge is 0.388 e. The van der Waals surface area contributed by atoms with E-state index in [1.807, 2.05) is 23.6 Å². The molecule has 2 atom stereocenters. The van der Waals surface area contributed by atoms with Gasteiger partial charge in [-0.1, -0.05) is 6.08 Å². The molecule has 2 aromatic heterocycles. The number of nitrogens with zero attached hydrogens (tertiary/aromatic N) is 4. The van der Waals surface area contributed by atoms with Crippen LogP contribution in [0.4, 0.5) is 4.39 Å². The highest BCUT2D eigenvalue weighted by molar-refractivity contribution is 5.84. The molecule has 0 aliphatic carbocycles. The van der Waals surface area contributed by atoms with Crippen molar-refractivity contribution in [2.75, 3.05) is 0 Å². The Kier molecular flexibility index (Phi) is 5.26. The second-order valence-corrected chi connectivity index (χ2v) is 9.42. The van der Waals surface area contributed by atoms with Gasteiger partial charge in [0.1, 0.15) is 5.82 Å². The molecule has 5 rings (SSSR count). The first-order valence-corrected chi connectivity index (χ1v) is 11.3. The zero-order valence-corrected chi connectivity index (χ0v) is 18.4. The van der Waals surface area contributed by atoms with Crippen molar-refractivity contribution in [3.8, 4) is 0 Å². The molecule has 168 valence electrons. The second-order valence-electron chi connectivity index (χ2n) is 9.42. The molecule has 32 heavy (non-hydrogen) atoms. The van der Waals surface area contributed by atoms with E-state index in [1.165, 1.54) is 22.4 Å². The Morgan fingerprint density at radius 2 is 2.00 bits per heavy atom. The highest BCUT2D eigenvalue weighted by atomic mass is 19.1. The molecule has 0 spiro atoms. The smallest absolute Gasteiger partial charge is 0.266 e. The highest BCUT2D eigenvalue weighted by Gasteiger charge is 2.47. The number of benzene rings is 1. The summed E-state index contributed by atoms with van der Waals surface area (Å²) < 4.78 is 17.3. The van der Waals surface area contributed by atoms with Crippen LogP contribution in [0.15, 0.2) is 54.0 Å². The van der Waals surface area contributed by atoms with Crippen molar-refractivity contribution in [1.29, 1.82) is 0 Å². The number of piperidine rings is 1. The molecule has 2 saturated heterocycles. The fraction of sp³-hybridized carbons (Fsp3) is 0.440. The molecule has 2 aliphatic heterocycles. The van der Waals surface area contributed by atoms with Crippen molar-refractivity contribution in [2.24, 2.45) is 0 Å². The lowest BCUT2D eigenvalue weighted by Gasteiger charge is -2.43. The van der Waals surface area contributed by atoms with Crippen LogP contribution >= 0.6 is 0 Å². The number of hydrogen-bond donors (Lipinski definition) is 1. The van der Waals surface area contributed by atoms with E-state index in [0.717, 1.165) is 36.0 Å². The predicted octanol–water partition coefficient (Wildman–Crippen LogP) is 3.39. The van der Waals surface area contributed by atoms with E-state index in [0.29, 0.717) is 19.4 Å². The molecule has 6 nitrogen and oxygen atoms in total. The van der Waals surface area contributed by atoms with E-state index < -0.39 is 5.60 Å². The Labute approximate surface area is 186 Å². The molecular formula is C25H29FN4O2. The number of rotatable bonds is 6. The average molecular weight is 437 g/mol. The van der Waals surface area contributed by atoms with Crippen molar-refractivity contribution in [2.45, 2.75) is 69.9 Å². The second kappa shape index (κ2) is 7.98. The lowest BCUT2D eigenvalue weighted by Crippen LogP contribution is -2.53. The minimum absolute atomic E-state index is 0.180. The van der Waals surface area contributed by atoms with Crippen LogP contribution in [0.2, 0.25) is 0 Å². The van der Waals surface area contributed by atoms with Crippen molar-refractivity contribution in [1.82, 2.24) is 19.2 Å². The van der Waals surface area contributed by atoms with Crippen molar-refractivity contribution in [3.63, 3.8) is 0 Å². The first kappa shape index (κ1) is 21.1. The summed E-state index contributed by atoms with van der Waals surface area (Å²) in [6, 6.07) is 8.66. The van der Waals surface area contributed by atoms with Gasteiger partial charge in [-0.05, 0) is 62.4 Å². The Morgan fingerprint density at radius 3 is 2.72 bits per heavy atom. The molecule has 1 N–H and O–H groups in total. The summed E-state index contributed by atoms with van der Waals surface area (Å²) >= 11 is 0. The van der Waals surface area contributed by atoms with Crippen LogP contribution in [0.3, 0.4) is 0 Å². The van der Waals surface area contributed by atoms with Crippen LogP contribution in [0.1, 0.15) is 36.9 Å². The molecule has 7 heteroatoms. The summed E-state index contributed by atoms with van der Waals surface area (Å²) in [5.41, 5.74) is 1.70. The first-order valence-electron chi connectivity index (χ1n) is 11.3. The number of allylic oxidation sites excluding steroid dienone is 1. The average Bonchev–Trinajstić information content (AvgIpc) is 3.19. The van der Waals surface area contributed by atoms with Gasteiger partial charge < -0.3 is 9.67 Å². The number of halogens is 1. The Balaban J connectivity index is 1.38. The van der Waals surface area contributed by atoms with Crippen LogP contribution in [0.5, 0.6) is 0 Å². The minimum Gasteiger partial charge on any atom is -0.388 e. The molecule has 3 aromatic rings.